The summed E-state index contributed by atoms with van der Waals surface area (Å²) in [5, 5.41) is 9.48. The van der Waals surface area contributed by atoms with E-state index in [9.17, 15) is 10.1 Å². The zero-order valence-corrected chi connectivity index (χ0v) is 19.3. The molecule has 1 aliphatic heterocycles. The molecule has 0 aromatic heterocycles. The van der Waals surface area contributed by atoms with Gasteiger partial charge in [-0.1, -0.05) is 42.5 Å². The summed E-state index contributed by atoms with van der Waals surface area (Å²) in [5.41, 5.74) is 2.06. The van der Waals surface area contributed by atoms with Crippen molar-refractivity contribution in [3.63, 3.8) is 0 Å². The van der Waals surface area contributed by atoms with Crippen molar-refractivity contribution < 1.29 is 9.53 Å². The standard InChI is InChI=1S/C26H32N4O2/c1-28(2)26(22-7-5-4-6-8-22)15-13-25(14-16-26)20-29(24(31)30(25)18-17-27)19-21-9-11-23(32-3)12-10-21/h4-12H,13-16,18-20H2,1-3H3/t25-,26+. The lowest BCUT2D eigenvalue weighted by Crippen LogP contribution is -2.55. The van der Waals surface area contributed by atoms with Crippen LogP contribution in [0.25, 0.3) is 0 Å². The second-order valence-corrected chi connectivity index (χ2v) is 9.25. The fourth-order valence-electron chi connectivity index (χ4n) is 5.56. The summed E-state index contributed by atoms with van der Waals surface area (Å²) in [6, 6.07) is 20.7. The maximum atomic E-state index is 13.3. The quantitative estimate of drug-likeness (QED) is 0.641. The lowest BCUT2D eigenvalue weighted by Gasteiger charge is -2.50. The molecule has 32 heavy (non-hydrogen) atoms. The van der Waals surface area contributed by atoms with Crippen LogP contribution in [-0.2, 0) is 12.1 Å². The summed E-state index contributed by atoms with van der Waals surface area (Å²) >= 11 is 0. The van der Waals surface area contributed by atoms with Crippen LogP contribution in [0.1, 0.15) is 36.8 Å². The zero-order valence-electron chi connectivity index (χ0n) is 19.3. The number of urea groups is 1. The molecule has 0 N–H and O–H groups in total. The highest BCUT2D eigenvalue weighted by Crippen LogP contribution is 2.49. The molecular weight excluding hydrogens is 400 g/mol. The number of rotatable bonds is 6. The molecule has 1 saturated carbocycles. The van der Waals surface area contributed by atoms with E-state index in [1.54, 1.807) is 7.11 Å². The van der Waals surface area contributed by atoms with Gasteiger partial charge in [-0.3, -0.25) is 4.90 Å². The van der Waals surface area contributed by atoms with Crippen molar-refractivity contribution in [2.24, 2.45) is 0 Å². The Hall–Kier alpha value is -3.04. The smallest absolute Gasteiger partial charge is 0.321 e. The third-order valence-electron chi connectivity index (χ3n) is 7.50. The van der Waals surface area contributed by atoms with Gasteiger partial charge in [0.15, 0.2) is 0 Å². The maximum Gasteiger partial charge on any atom is 0.321 e. The van der Waals surface area contributed by atoms with Crippen molar-refractivity contribution in [1.29, 1.82) is 5.26 Å². The summed E-state index contributed by atoms with van der Waals surface area (Å²) in [6.07, 6.45) is 3.67. The third-order valence-corrected chi connectivity index (χ3v) is 7.50. The van der Waals surface area contributed by atoms with Gasteiger partial charge in [0.25, 0.3) is 0 Å². The van der Waals surface area contributed by atoms with Gasteiger partial charge in [-0.15, -0.1) is 0 Å². The van der Waals surface area contributed by atoms with E-state index in [1.165, 1.54) is 5.56 Å². The monoisotopic (exact) mass is 432 g/mol. The molecule has 6 nitrogen and oxygen atoms in total. The first-order valence-electron chi connectivity index (χ1n) is 11.2. The minimum absolute atomic E-state index is 0.0283. The minimum atomic E-state index is -0.284. The number of benzene rings is 2. The first-order chi connectivity index (χ1) is 15.4. The van der Waals surface area contributed by atoms with E-state index in [-0.39, 0.29) is 23.7 Å². The van der Waals surface area contributed by atoms with Gasteiger partial charge in [0.2, 0.25) is 0 Å². The number of ether oxygens (including phenoxy) is 1. The Kier molecular flexibility index (Phi) is 6.12. The van der Waals surface area contributed by atoms with Crippen molar-refractivity contribution in [1.82, 2.24) is 14.7 Å². The summed E-state index contributed by atoms with van der Waals surface area (Å²) in [5.74, 6) is 0.803. The summed E-state index contributed by atoms with van der Waals surface area (Å²) < 4.78 is 5.25. The van der Waals surface area contributed by atoms with E-state index in [0.717, 1.165) is 37.0 Å². The molecule has 1 heterocycles. The third kappa shape index (κ3) is 3.82. The van der Waals surface area contributed by atoms with Gasteiger partial charge in [0, 0.05) is 18.6 Å². The summed E-state index contributed by atoms with van der Waals surface area (Å²) in [4.78, 5) is 19.4. The van der Waals surface area contributed by atoms with E-state index in [0.29, 0.717) is 13.1 Å². The molecule has 0 radical (unpaired) electrons. The van der Waals surface area contributed by atoms with Crippen molar-refractivity contribution in [2.75, 3.05) is 34.3 Å². The average molecular weight is 433 g/mol. The second-order valence-electron chi connectivity index (χ2n) is 9.25. The van der Waals surface area contributed by atoms with Crippen LogP contribution in [0.5, 0.6) is 5.75 Å². The first-order valence-corrected chi connectivity index (χ1v) is 11.2. The normalized spacial score (nSPS) is 25.4. The fraction of sp³-hybridized carbons (Fsp3) is 0.462. The number of carbonyl (C=O) groups excluding carboxylic acids is 1. The molecule has 4 rings (SSSR count). The lowest BCUT2D eigenvalue weighted by molar-refractivity contribution is 0.0283. The van der Waals surface area contributed by atoms with Gasteiger partial charge in [0.1, 0.15) is 12.3 Å². The van der Waals surface area contributed by atoms with Gasteiger partial charge < -0.3 is 14.5 Å². The van der Waals surface area contributed by atoms with E-state index < -0.39 is 0 Å². The van der Waals surface area contributed by atoms with Crippen LogP contribution in [-0.4, -0.2) is 60.6 Å². The molecule has 168 valence electrons. The van der Waals surface area contributed by atoms with Crippen LogP contribution >= 0.6 is 0 Å². The molecule has 2 fully saturated rings. The Morgan fingerprint density at radius 3 is 2.25 bits per heavy atom. The molecule has 0 atom stereocenters. The van der Waals surface area contributed by atoms with Crippen LogP contribution in [0.3, 0.4) is 0 Å². The van der Waals surface area contributed by atoms with Gasteiger partial charge in [-0.05, 0) is 63.0 Å². The Morgan fingerprint density at radius 2 is 1.69 bits per heavy atom. The number of methoxy groups -OCH3 is 1. The Bertz CT molecular complexity index is 973. The molecule has 2 aliphatic rings. The van der Waals surface area contributed by atoms with Gasteiger partial charge in [0.05, 0.1) is 18.7 Å². The first kappa shape index (κ1) is 22.2. The molecule has 2 aromatic carbocycles. The van der Waals surface area contributed by atoms with Crippen molar-refractivity contribution in [2.45, 2.75) is 43.3 Å². The fourth-order valence-corrected chi connectivity index (χ4v) is 5.56. The molecule has 0 unspecified atom stereocenters. The average Bonchev–Trinajstić information content (AvgIpc) is 3.06. The molecule has 0 bridgehead atoms. The topological polar surface area (TPSA) is 59.8 Å². The van der Waals surface area contributed by atoms with Crippen molar-refractivity contribution in [3.05, 3.63) is 65.7 Å². The minimum Gasteiger partial charge on any atom is -0.497 e. The van der Waals surface area contributed by atoms with E-state index in [2.05, 4.69) is 55.4 Å². The van der Waals surface area contributed by atoms with E-state index >= 15 is 0 Å². The molecular formula is C26H32N4O2. The maximum absolute atomic E-state index is 13.3. The molecule has 6 heteroatoms. The highest BCUT2D eigenvalue weighted by molar-refractivity contribution is 5.78. The van der Waals surface area contributed by atoms with Crippen LogP contribution in [0, 0.1) is 11.3 Å². The van der Waals surface area contributed by atoms with Gasteiger partial charge >= 0.3 is 6.03 Å². The second kappa shape index (κ2) is 8.84. The summed E-state index contributed by atoms with van der Waals surface area (Å²) in [7, 11) is 5.94. The largest absolute Gasteiger partial charge is 0.497 e. The predicted octanol–water partition coefficient (Wildman–Crippen LogP) is 4.23. The molecule has 1 saturated heterocycles. The number of hydrogen-bond acceptors (Lipinski definition) is 4. The van der Waals surface area contributed by atoms with E-state index in [4.69, 9.17) is 4.74 Å². The highest BCUT2D eigenvalue weighted by atomic mass is 16.5. The molecule has 2 aromatic rings. The highest BCUT2D eigenvalue weighted by Gasteiger charge is 2.54. The number of amides is 2. The van der Waals surface area contributed by atoms with Gasteiger partial charge in [-0.25, -0.2) is 4.79 Å². The zero-order chi connectivity index (χ0) is 22.8. The molecule has 2 amide bonds. The number of nitriles is 1. The Balaban J connectivity index is 1.56. The van der Waals surface area contributed by atoms with Crippen LogP contribution in [0.15, 0.2) is 54.6 Å². The SMILES string of the molecule is COc1ccc(CN2C[C@]3(CC[C@](c4ccccc4)(N(C)C)CC3)N(CC#N)C2=O)cc1. The number of carbonyl (C=O) groups is 1. The molecule has 1 spiro atoms. The number of hydrogen-bond donors (Lipinski definition) is 0. The molecule has 1 aliphatic carbocycles. The summed E-state index contributed by atoms with van der Waals surface area (Å²) in [6.45, 7) is 1.35. The predicted molar refractivity (Wildman–Crippen MR) is 124 cm³/mol. The lowest BCUT2D eigenvalue weighted by atomic mass is 9.68. The number of nitrogens with zero attached hydrogens (tertiary/aromatic N) is 4. The van der Waals surface area contributed by atoms with Crippen LogP contribution < -0.4 is 4.74 Å². The van der Waals surface area contributed by atoms with Crippen molar-refractivity contribution >= 4 is 6.03 Å². The Morgan fingerprint density at radius 1 is 1.03 bits per heavy atom. The van der Waals surface area contributed by atoms with Crippen LogP contribution in [0.4, 0.5) is 4.79 Å². The Labute approximate surface area is 191 Å². The van der Waals surface area contributed by atoms with Gasteiger partial charge in [-0.2, -0.15) is 5.26 Å². The van der Waals surface area contributed by atoms with E-state index in [1.807, 2.05) is 34.1 Å². The van der Waals surface area contributed by atoms with Crippen LogP contribution in [0.2, 0.25) is 0 Å². The van der Waals surface area contributed by atoms with Crippen molar-refractivity contribution in [3.8, 4) is 11.8 Å².